The number of amides is 1. The van der Waals surface area contributed by atoms with Gasteiger partial charge in [-0.2, -0.15) is 0 Å². The number of halogens is 1. The van der Waals surface area contributed by atoms with Gasteiger partial charge in [0.1, 0.15) is 16.8 Å². The van der Waals surface area contributed by atoms with Gasteiger partial charge in [-0.05, 0) is 27.7 Å². The van der Waals surface area contributed by atoms with Crippen molar-refractivity contribution < 1.29 is 4.79 Å². The molecule has 1 heterocycles. The molecular formula is C12H19ClN4O. The van der Waals surface area contributed by atoms with Crippen LogP contribution in [0.4, 0.5) is 5.82 Å². The first-order valence-corrected chi connectivity index (χ1v) is 6.20. The number of carbonyl (C=O) groups is 1. The first-order chi connectivity index (χ1) is 8.31. The van der Waals surface area contributed by atoms with E-state index in [2.05, 4.69) is 15.3 Å². The van der Waals surface area contributed by atoms with Crippen molar-refractivity contribution in [2.45, 2.75) is 33.7 Å². The predicted molar refractivity (Wildman–Crippen MR) is 73.1 cm³/mol. The van der Waals surface area contributed by atoms with Crippen molar-refractivity contribution >= 4 is 23.3 Å². The molecule has 0 saturated carbocycles. The van der Waals surface area contributed by atoms with Gasteiger partial charge in [-0.3, -0.25) is 4.79 Å². The first kappa shape index (κ1) is 14.7. The molecule has 100 valence electrons. The number of carbonyl (C=O) groups excluding carboxylic acids is 1. The third-order valence-corrected chi connectivity index (χ3v) is 2.73. The molecule has 0 fully saturated rings. The molecule has 0 radical (unpaired) electrons. The van der Waals surface area contributed by atoms with Crippen molar-refractivity contribution in [2.24, 2.45) is 0 Å². The maximum atomic E-state index is 11.7. The van der Waals surface area contributed by atoms with E-state index in [0.717, 1.165) is 5.56 Å². The standard InChI is InChI=1S/C12H19ClN4O/c1-7(2)14-10(18)6-17(5)12-8(3)11(13)15-9(4)16-12/h7H,6H2,1-5H3,(H,14,18). The van der Waals surface area contributed by atoms with Crippen molar-refractivity contribution in [1.82, 2.24) is 15.3 Å². The monoisotopic (exact) mass is 270 g/mol. The molecule has 18 heavy (non-hydrogen) atoms. The number of nitrogens with one attached hydrogen (secondary N) is 1. The lowest BCUT2D eigenvalue weighted by molar-refractivity contribution is -0.120. The lowest BCUT2D eigenvalue weighted by Gasteiger charge is -2.21. The van der Waals surface area contributed by atoms with Gasteiger partial charge in [0.25, 0.3) is 0 Å². The van der Waals surface area contributed by atoms with E-state index in [1.807, 2.05) is 27.8 Å². The Hall–Kier alpha value is -1.36. The van der Waals surface area contributed by atoms with E-state index in [1.165, 1.54) is 0 Å². The van der Waals surface area contributed by atoms with E-state index in [0.29, 0.717) is 16.8 Å². The molecule has 0 unspecified atom stereocenters. The van der Waals surface area contributed by atoms with Crippen molar-refractivity contribution in [2.75, 3.05) is 18.5 Å². The van der Waals surface area contributed by atoms with Gasteiger partial charge in [0.2, 0.25) is 5.91 Å². The van der Waals surface area contributed by atoms with Crippen LogP contribution in [-0.2, 0) is 4.79 Å². The number of rotatable bonds is 4. The summed E-state index contributed by atoms with van der Waals surface area (Å²) < 4.78 is 0. The average molecular weight is 271 g/mol. The summed E-state index contributed by atoms with van der Waals surface area (Å²) in [7, 11) is 1.81. The third kappa shape index (κ3) is 3.84. The number of nitrogens with zero attached hydrogens (tertiary/aromatic N) is 3. The fourth-order valence-corrected chi connectivity index (χ4v) is 1.82. The number of hydrogen-bond donors (Lipinski definition) is 1. The second-order valence-electron chi connectivity index (χ2n) is 4.59. The summed E-state index contributed by atoms with van der Waals surface area (Å²) in [5, 5.41) is 3.26. The van der Waals surface area contributed by atoms with Crippen molar-refractivity contribution in [3.63, 3.8) is 0 Å². The van der Waals surface area contributed by atoms with Crippen LogP contribution >= 0.6 is 11.6 Å². The second kappa shape index (κ2) is 6.00. The van der Waals surface area contributed by atoms with Gasteiger partial charge in [-0.1, -0.05) is 11.6 Å². The maximum Gasteiger partial charge on any atom is 0.239 e. The van der Waals surface area contributed by atoms with Crippen LogP contribution in [0, 0.1) is 13.8 Å². The molecule has 1 aromatic heterocycles. The topological polar surface area (TPSA) is 58.1 Å². The van der Waals surface area contributed by atoms with Crippen LogP contribution in [0.15, 0.2) is 0 Å². The Labute approximate surface area is 113 Å². The highest BCUT2D eigenvalue weighted by Crippen LogP contribution is 2.22. The first-order valence-electron chi connectivity index (χ1n) is 5.82. The Morgan fingerprint density at radius 1 is 1.39 bits per heavy atom. The van der Waals surface area contributed by atoms with Gasteiger partial charge in [0.05, 0.1) is 6.54 Å². The largest absolute Gasteiger partial charge is 0.352 e. The molecule has 0 aliphatic carbocycles. The minimum atomic E-state index is -0.0423. The van der Waals surface area contributed by atoms with Crippen LogP contribution in [0.3, 0.4) is 0 Å². The fourth-order valence-electron chi connectivity index (χ4n) is 1.61. The number of aryl methyl sites for hydroxylation is 1. The minimum Gasteiger partial charge on any atom is -0.352 e. The lowest BCUT2D eigenvalue weighted by atomic mass is 10.3. The molecule has 0 saturated heterocycles. The van der Waals surface area contributed by atoms with Crippen LogP contribution in [0.1, 0.15) is 25.2 Å². The summed E-state index contributed by atoms with van der Waals surface area (Å²) in [6, 6.07) is 0.128. The van der Waals surface area contributed by atoms with E-state index in [-0.39, 0.29) is 18.5 Å². The maximum absolute atomic E-state index is 11.7. The summed E-state index contributed by atoms with van der Waals surface area (Å²) in [5.74, 6) is 1.24. The molecule has 1 N–H and O–H groups in total. The summed E-state index contributed by atoms with van der Waals surface area (Å²) >= 11 is 6.01. The zero-order valence-electron chi connectivity index (χ0n) is 11.4. The smallest absolute Gasteiger partial charge is 0.239 e. The summed E-state index contributed by atoms with van der Waals surface area (Å²) in [4.78, 5) is 21.8. The SMILES string of the molecule is Cc1nc(Cl)c(C)c(N(C)CC(=O)NC(C)C)n1. The summed E-state index contributed by atoms with van der Waals surface area (Å²) in [6.07, 6.45) is 0. The summed E-state index contributed by atoms with van der Waals surface area (Å²) in [5.41, 5.74) is 0.780. The molecule has 1 rings (SSSR count). The quantitative estimate of drug-likeness (QED) is 0.847. The van der Waals surface area contributed by atoms with Gasteiger partial charge < -0.3 is 10.2 Å². The Morgan fingerprint density at radius 3 is 2.56 bits per heavy atom. The molecule has 1 aromatic rings. The van der Waals surface area contributed by atoms with E-state index in [9.17, 15) is 4.79 Å². The van der Waals surface area contributed by atoms with Gasteiger partial charge >= 0.3 is 0 Å². The molecule has 6 heteroatoms. The third-order valence-electron chi connectivity index (χ3n) is 2.36. The van der Waals surface area contributed by atoms with E-state index in [4.69, 9.17) is 11.6 Å². The zero-order chi connectivity index (χ0) is 13.9. The highest BCUT2D eigenvalue weighted by atomic mass is 35.5. The molecule has 0 spiro atoms. The molecule has 1 amide bonds. The summed E-state index contributed by atoms with van der Waals surface area (Å²) in [6.45, 7) is 7.71. The Bertz CT molecular complexity index is 448. The van der Waals surface area contributed by atoms with Gasteiger partial charge in [0, 0.05) is 18.7 Å². The van der Waals surface area contributed by atoms with Crippen LogP contribution < -0.4 is 10.2 Å². The number of anilines is 1. The molecular weight excluding hydrogens is 252 g/mol. The predicted octanol–water partition coefficient (Wildman–Crippen LogP) is 1.71. The van der Waals surface area contributed by atoms with E-state index < -0.39 is 0 Å². The highest BCUT2D eigenvalue weighted by Gasteiger charge is 2.14. The van der Waals surface area contributed by atoms with Crippen LogP contribution in [0.2, 0.25) is 5.15 Å². The van der Waals surface area contributed by atoms with E-state index in [1.54, 1.807) is 11.8 Å². The van der Waals surface area contributed by atoms with Crippen molar-refractivity contribution in [3.8, 4) is 0 Å². The highest BCUT2D eigenvalue weighted by molar-refractivity contribution is 6.30. The molecule has 0 bridgehead atoms. The van der Waals surface area contributed by atoms with Gasteiger partial charge in [0.15, 0.2) is 0 Å². The van der Waals surface area contributed by atoms with Crippen LogP contribution in [-0.4, -0.2) is 35.5 Å². The van der Waals surface area contributed by atoms with Crippen LogP contribution in [0.25, 0.3) is 0 Å². The Balaban J connectivity index is 2.84. The van der Waals surface area contributed by atoms with E-state index >= 15 is 0 Å². The average Bonchev–Trinajstić information content (AvgIpc) is 2.21. The normalized spacial score (nSPS) is 10.6. The molecule has 5 nitrogen and oxygen atoms in total. The fraction of sp³-hybridized carbons (Fsp3) is 0.583. The van der Waals surface area contributed by atoms with Crippen molar-refractivity contribution in [3.05, 3.63) is 16.5 Å². The molecule has 0 aliphatic rings. The number of likely N-dealkylation sites (N-methyl/N-ethyl adjacent to an activating group) is 1. The van der Waals surface area contributed by atoms with Gasteiger partial charge in [-0.25, -0.2) is 9.97 Å². The van der Waals surface area contributed by atoms with Crippen molar-refractivity contribution in [1.29, 1.82) is 0 Å². The van der Waals surface area contributed by atoms with Crippen LogP contribution in [0.5, 0.6) is 0 Å². The van der Waals surface area contributed by atoms with Gasteiger partial charge in [-0.15, -0.1) is 0 Å². The minimum absolute atomic E-state index is 0.0423. The number of aromatic nitrogens is 2. The lowest BCUT2D eigenvalue weighted by Crippen LogP contribution is -2.39. The molecule has 0 aromatic carbocycles. The Kier molecular flexibility index (Phi) is 4.90. The molecule has 0 atom stereocenters. The zero-order valence-corrected chi connectivity index (χ0v) is 12.2. The Morgan fingerprint density at radius 2 is 2.00 bits per heavy atom. The number of hydrogen-bond acceptors (Lipinski definition) is 4. The molecule has 0 aliphatic heterocycles. The second-order valence-corrected chi connectivity index (χ2v) is 4.95.